The van der Waals surface area contributed by atoms with Crippen LogP contribution in [0, 0.1) is 11.3 Å². The molecule has 1 spiro atoms. The molecule has 3 aliphatic rings. The van der Waals surface area contributed by atoms with Gasteiger partial charge >= 0.3 is 0 Å². The number of likely N-dealkylation sites (tertiary alicyclic amines) is 2. The van der Waals surface area contributed by atoms with Crippen molar-refractivity contribution in [1.29, 1.82) is 0 Å². The van der Waals surface area contributed by atoms with Crippen LogP contribution in [0.4, 0.5) is 0 Å². The van der Waals surface area contributed by atoms with Crippen molar-refractivity contribution in [1.82, 2.24) is 15.1 Å². The fraction of sp³-hybridized carbons (Fsp3) is 0.533. The quantitative estimate of drug-likeness (QED) is 0.475. The number of methoxy groups -OCH3 is 1. The van der Waals surface area contributed by atoms with E-state index in [9.17, 15) is 9.59 Å². The molecule has 7 heteroatoms. The molecule has 2 saturated heterocycles. The highest BCUT2D eigenvalue weighted by atomic mass is 35.5. The van der Waals surface area contributed by atoms with E-state index in [2.05, 4.69) is 34.5 Å². The highest BCUT2D eigenvalue weighted by Gasteiger charge is 2.44. The molecule has 1 N–H and O–H groups in total. The average Bonchev–Trinajstić information content (AvgIpc) is 3.66. The Balaban J connectivity index is 0.00000320. The number of carbonyl (C=O) groups is 2. The summed E-state index contributed by atoms with van der Waals surface area (Å²) in [5, 5.41) is 3.31. The van der Waals surface area contributed by atoms with Gasteiger partial charge in [-0.15, -0.1) is 12.4 Å². The summed E-state index contributed by atoms with van der Waals surface area (Å²) in [5.74, 6) is 1.90. The van der Waals surface area contributed by atoms with E-state index in [4.69, 9.17) is 4.74 Å². The molecule has 0 unspecified atom stereocenters. The van der Waals surface area contributed by atoms with Gasteiger partial charge in [-0.1, -0.05) is 42.5 Å². The predicted molar refractivity (Wildman–Crippen MR) is 148 cm³/mol. The van der Waals surface area contributed by atoms with Crippen molar-refractivity contribution in [3.05, 3.63) is 65.7 Å². The van der Waals surface area contributed by atoms with Crippen LogP contribution in [0.5, 0.6) is 5.75 Å². The zero-order chi connectivity index (χ0) is 25.0. The fourth-order valence-electron chi connectivity index (χ4n) is 5.82. The Morgan fingerprint density at radius 3 is 2.43 bits per heavy atom. The summed E-state index contributed by atoms with van der Waals surface area (Å²) in [6.45, 7) is 4.52. The molecular weight excluding hydrogens is 486 g/mol. The molecule has 2 aliphatic heterocycles. The molecule has 1 atom stereocenters. The maximum absolute atomic E-state index is 12.9. The Hall–Kier alpha value is -2.57. The molecule has 37 heavy (non-hydrogen) atoms. The zero-order valence-corrected chi connectivity index (χ0v) is 22.7. The molecule has 2 aromatic carbocycles. The van der Waals surface area contributed by atoms with Crippen molar-refractivity contribution in [3.8, 4) is 5.75 Å². The van der Waals surface area contributed by atoms with Gasteiger partial charge in [0.05, 0.1) is 13.2 Å². The summed E-state index contributed by atoms with van der Waals surface area (Å²) >= 11 is 0. The fourth-order valence-corrected chi connectivity index (χ4v) is 5.82. The van der Waals surface area contributed by atoms with Gasteiger partial charge in [0.1, 0.15) is 5.75 Å². The lowest BCUT2D eigenvalue weighted by atomic mass is 9.77. The second-order valence-electron chi connectivity index (χ2n) is 11.1. The SMILES string of the molecule is COc1ccc(CN2CC3(CCN(CC[C@H](NC(=O)CC4CC4)c4ccccc4)CC3)CC2=O)cc1.Cl. The number of hydrogen-bond donors (Lipinski definition) is 1. The first-order chi connectivity index (χ1) is 17.5. The van der Waals surface area contributed by atoms with Crippen molar-refractivity contribution in [2.45, 2.75) is 57.5 Å². The largest absolute Gasteiger partial charge is 0.497 e. The van der Waals surface area contributed by atoms with Crippen molar-refractivity contribution in [3.63, 3.8) is 0 Å². The molecule has 200 valence electrons. The van der Waals surface area contributed by atoms with Crippen LogP contribution in [0.3, 0.4) is 0 Å². The predicted octanol–water partition coefficient (Wildman–Crippen LogP) is 4.98. The van der Waals surface area contributed by atoms with Gasteiger partial charge < -0.3 is 19.9 Å². The highest BCUT2D eigenvalue weighted by molar-refractivity contribution is 5.85. The first kappa shape index (κ1) is 27.5. The summed E-state index contributed by atoms with van der Waals surface area (Å²) < 4.78 is 5.25. The third kappa shape index (κ3) is 7.26. The van der Waals surface area contributed by atoms with Crippen LogP contribution in [0.15, 0.2) is 54.6 Å². The van der Waals surface area contributed by atoms with Gasteiger partial charge in [-0.25, -0.2) is 0 Å². The molecule has 2 amide bonds. The molecule has 0 aromatic heterocycles. The monoisotopic (exact) mass is 525 g/mol. The number of nitrogens with zero attached hydrogens (tertiary/aromatic N) is 2. The first-order valence-electron chi connectivity index (χ1n) is 13.5. The Bertz CT molecular complexity index is 1030. The topological polar surface area (TPSA) is 61.9 Å². The molecule has 5 rings (SSSR count). The lowest BCUT2D eigenvalue weighted by molar-refractivity contribution is -0.128. The van der Waals surface area contributed by atoms with E-state index in [1.54, 1.807) is 7.11 Å². The van der Waals surface area contributed by atoms with Gasteiger partial charge in [0.25, 0.3) is 0 Å². The zero-order valence-electron chi connectivity index (χ0n) is 21.9. The number of rotatable bonds is 10. The van der Waals surface area contributed by atoms with E-state index in [1.807, 2.05) is 35.2 Å². The third-order valence-corrected chi connectivity index (χ3v) is 8.30. The standard InChI is InChI=1S/C30H39N3O3.ClH/c1-36-26-11-9-24(10-12-26)21-33-22-30(20-29(33)35)14-17-32(18-15-30)16-13-27(25-5-3-2-4-6-25)31-28(34)19-23-7-8-23;/h2-6,9-12,23,27H,7-8,13-22H2,1H3,(H,31,34);1H/t27-;/m0./s1. The second-order valence-corrected chi connectivity index (χ2v) is 11.1. The lowest BCUT2D eigenvalue weighted by Gasteiger charge is -2.39. The number of amides is 2. The maximum Gasteiger partial charge on any atom is 0.223 e. The van der Waals surface area contributed by atoms with Gasteiger partial charge in [0, 0.05) is 32.5 Å². The number of benzene rings is 2. The first-order valence-corrected chi connectivity index (χ1v) is 13.5. The van der Waals surface area contributed by atoms with E-state index in [1.165, 1.54) is 18.4 Å². The highest BCUT2D eigenvalue weighted by Crippen LogP contribution is 2.41. The van der Waals surface area contributed by atoms with Crippen LogP contribution >= 0.6 is 12.4 Å². The minimum absolute atomic E-state index is 0. The van der Waals surface area contributed by atoms with Crippen molar-refractivity contribution in [2.24, 2.45) is 11.3 Å². The van der Waals surface area contributed by atoms with Crippen LogP contribution in [-0.2, 0) is 16.1 Å². The Labute approximate surface area is 227 Å². The van der Waals surface area contributed by atoms with E-state index in [0.29, 0.717) is 25.3 Å². The number of halogens is 1. The average molecular weight is 526 g/mol. The Kier molecular flexibility index (Phi) is 9.14. The molecule has 2 heterocycles. The molecule has 3 fully saturated rings. The summed E-state index contributed by atoms with van der Waals surface area (Å²) in [6.07, 6.45) is 6.75. The smallest absolute Gasteiger partial charge is 0.223 e. The normalized spacial score (nSPS) is 19.9. The van der Waals surface area contributed by atoms with Crippen molar-refractivity contribution in [2.75, 3.05) is 33.3 Å². The Morgan fingerprint density at radius 1 is 1.08 bits per heavy atom. The van der Waals surface area contributed by atoms with Crippen LogP contribution < -0.4 is 10.1 Å². The molecule has 0 bridgehead atoms. The second kappa shape index (κ2) is 12.3. The molecule has 0 radical (unpaired) electrons. The van der Waals surface area contributed by atoms with Crippen LogP contribution in [0.2, 0.25) is 0 Å². The van der Waals surface area contributed by atoms with Gasteiger partial charge in [-0.3, -0.25) is 9.59 Å². The molecule has 6 nitrogen and oxygen atoms in total. The van der Waals surface area contributed by atoms with Crippen LogP contribution in [0.1, 0.15) is 62.1 Å². The number of hydrogen-bond acceptors (Lipinski definition) is 4. The van der Waals surface area contributed by atoms with Gasteiger partial charge in [-0.05, 0) is 79.8 Å². The summed E-state index contributed by atoms with van der Waals surface area (Å²) in [5.41, 5.74) is 2.44. The van der Waals surface area contributed by atoms with Crippen LogP contribution in [-0.4, -0.2) is 54.9 Å². The molecule has 1 saturated carbocycles. The minimum Gasteiger partial charge on any atom is -0.497 e. The van der Waals surface area contributed by atoms with Gasteiger partial charge in [0.2, 0.25) is 11.8 Å². The maximum atomic E-state index is 12.9. The number of carbonyl (C=O) groups excluding carboxylic acids is 2. The molecule has 1 aliphatic carbocycles. The number of ether oxygens (including phenoxy) is 1. The van der Waals surface area contributed by atoms with Gasteiger partial charge in [0.15, 0.2) is 0 Å². The minimum atomic E-state index is 0. The third-order valence-electron chi connectivity index (χ3n) is 8.30. The Morgan fingerprint density at radius 2 is 1.78 bits per heavy atom. The van der Waals surface area contributed by atoms with E-state index in [0.717, 1.165) is 56.8 Å². The van der Waals surface area contributed by atoms with E-state index < -0.39 is 0 Å². The number of piperidine rings is 1. The van der Waals surface area contributed by atoms with Crippen molar-refractivity contribution < 1.29 is 14.3 Å². The summed E-state index contributed by atoms with van der Waals surface area (Å²) in [7, 11) is 1.67. The summed E-state index contributed by atoms with van der Waals surface area (Å²) in [4.78, 5) is 30.0. The van der Waals surface area contributed by atoms with Gasteiger partial charge in [-0.2, -0.15) is 0 Å². The van der Waals surface area contributed by atoms with E-state index >= 15 is 0 Å². The van der Waals surface area contributed by atoms with E-state index in [-0.39, 0.29) is 35.7 Å². The molecular formula is C30H40ClN3O3. The summed E-state index contributed by atoms with van der Waals surface area (Å²) in [6, 6.07) is 18.4. The number of nitrogens with one attached hydrogen (secondary N) is 1. The van der Waals surface area contributed by atoms with Crippen molar-refractivity contribution >= 4 is 24.2 Å². The molecule has 2 aromatic rings. The van der Waals surface area contributed by atoms with Crippen LogP contribution in [0.25, 0.3) is 0 Å². The lowest BCUT2D eigenvalue weighted by Crippen LogP contribution is -2.42.